The highest BCUT2D eigenvalue weighted by Gasteiger charge is 2.13. The maximum absolute atomic E-state index is 11.7. The van der Waals surface area contributed by atoms with Crippen molar-refractivity contribution in [1.29, 1.82) is 0 Å². The predicted octanol–water partition coefficient (Wildman–Crippen LogP) is 0.947. The molecule has 0 atom stereocenters. The van der Waals surface area contributed by atoms with Gasteiger partial charge < -0.3 is 16.2 Å². The second kappa shape index (κ2) is 5.88. The van der Waals surface area contributed by atoms with Crippen molar-refractivity contribution < 1.29 is 13.5 Å². The molecule has 0 aromatic heterocycles. The molecule has 5 nitrogen and oxygen atoms in total. The minimum Gasteiger partial charge on any atom is -0.506 e. The standard InChI is InChI=1S/C11H18N2O3S/c1-2-17(15,16)9-4-5-11(14)10(8-9)13-7-3-6-12/h4-5,8,13-14H,2-3,6-7,12H2,1H3. The lowest BCUT2D eigenvalue weighted by Gasteiger charge is -2.10. The molecule has 0 saturated carbocycles. The Kier molecular flexibility index (Phi) is 4.77. The van der Waals surface area contributed by atoms with Crippen molar-refractivity contribution in [2.24, 2.45) is 5.73 Å². The van der Waals surface area contributed by atoms with E-state index in [2.05, 4.69) is 5.32 Å². The second-order valence-electron chi connectivity index (χ2n) is 3.65. The Morgan fingerprint density at radius 2 is 2.12 bits per heavy atom. The number of phenolic OH excluding ortho intramolecular Hbond substituents is 1. The van der Waals surface area contributed by atoms with Gasteiger partial charge in [0.05, 0.1) is 16.3 Å². The van der Waals surface area contributed by atoms with E-state index in [1.54, 1.807) is 6.92 Å². The molecule has 1 aromatic rings. The Bertz CT molecular complexity index is 472. The maximum Gasteiger partial charge on any atom is 0.178 e. The van der Waals surface area contributed by atoms with Gasteiger partial charge in [-0.1, -0.05) is 6.92 Å². The highest BCUT2D eigenvalue weighted by atomic mass is 32.2. The molecule has 0 aliphatic carbocycles. The number of phenols is 1. The van der Waals surface area contributed by atoms with E-state index in [0.717, 1.165) is 6.42 Å². The van der Waals surface area contributed by atoms with Crippen LogP contribution < -0.4 is 11.1 Å². The number of rotatable bonds is 6. The zero-order chi connectivity index (χ0) is 12.9. The molecular formula is C11H18N2O3S. The number of nitrogens with one attached hydrogen (secondary N) is 1. The van der Waals surface area contributed by atoms with Crippen molar-refractivity contribution in [2.45, 2.75) is 18.2 Å². The van der Waals surface area contributed by atoms with Crippen LogP contribution in [0.2, 0.25) is 0 Å². The smallest absolute Gasteiger partial charge is 0.178 e. The molecule has 0 heterocycles. The van der Waals surface area contributed by atoms with Crippen molar-refractivity contribution in [3.63, 3.8) is 0 Å². The van der Waals surface area contributed by atoms with Crippen LogP contribution in [0.15, 0.2) is 23.1 Å². The molecule has 96 valence electrons. The predicted molar refractivity (Wildman–Crippen MR) is 68.0 cm³/mol. The number of aromatic hydroxyl groups is 1. The van der Waals surface area contributed by atoms with Gasteiger partial charge in [-0.3, -0.25) is 0 Å². The topological polar surface area (TPSA) is 92.4 Å². The summed E-state index contributed by atoms with van der Waals surface area (Å²) in [5, 5.41) is 12.5. The first-order chi connectivity index (χ1) is 8.01. The first-order valence-corrected chi connectivity index (χ1v) is 7.16. The van der Waals surface area contributed by atoms with Gasteiger partial charge in [-0.05, 0) is 31.2 Å². The molecule has 1 rings (SSSR count). The number of sulfone groups is 1. The molecule has 0 aliphatic rings. The Morgan fingerprint density at radius 1 is 1.41 bits per heavy atom. The molecule has 0 fully saturated rings. The molecule has 0 bridgehead atoms. The van der Waals surface area contributed by atoms with E-state index < -0.39 is 9.84 Å². The SMILES string of the molecule is CCS(=O)(=O)c1ccc(O)c(NCCCN)c1. The van der Waals surface area contributed by atoms with Gasteiger partial charge in [0.2, 0.25) is 0 Å². The number of anilines is 1. The first-order valence-electron chi connectivity index (χ1n) is 5.51. The van der Waals surface area contributed by atoms with Crippen molar-refractivity contribution in [3.05, 3.63) is 18.2 Å². The van der Waals surface area contributed by atoms with Crippen molar-refractivity contribution >= 4 is 15.5 Å². The van der Waals surface area contributed by atoms with Gasteiger partial charge in [-0.25, -0.2) is 8.42 Å². The summed E-state index contributed by atoms with van der Waals surface area (Å²) < 4.78 is 23.3. The Morgan fingerprint density at radius 3 is 2.71 bits per heavy atom. The highest BCUT2D eigenvalue weighted by molar-refractivity contribution is 7.91. The van der Waals surface area contributed by atoms with Crippen LogP contribution in [0.1, 0.15) is 13.3 Å². The summed E-state index contributed by atoms with van der Waals surface area (Å²) in [5.74, 6) is 0.0806. The van der Waals surface area contributed by atoms with Crippen molar-refractivity contribution in [3.8, 4) is 5.75 Å². The van der Waals surface area contributed by atoms with Gasteiger partial charge in [-0.2, -0.15) is 0 Å². The van der Waals surface area contributed by atoms with Gasteiger partial charge in [0.15, 0.2) is 9.84 Å². The molecule has 1 aromatic carbocycles. The van der Waals surface area contributed by atoms with E-state index in [9.17, 15) is 13.5 Å². The third kappa shape index (κ3) is 3.61. The van der Waals surface area contributed by atoms with Crippen LogP contribution in [0.25, 0.3) is 0 Å². The maximum atomic E-state index is 11.7. The van der Waals surface area contributed by atoms with E-state index in [1.807, 2.05) is 0 Å². The van der Waals surface area contributed by atoms with Crippen LogP contribution in [0.4, 0.5) is 5.69 Å². The van der Waals surface area contributed by atoms with Crippen molar-refractivity contribution in [2.75, 3.05) is 24.2 Å². The number of benzene rings is 1. The Balaban J connectivity index is 2.95. The summed E-state index contributed by atoms with van der Waals surface area (Å²) in [6.45, 7) is 2.73. The third-order valence-electron chi connectivity index (χ3n) is 2.40. The molecule has 0 amide bonds. The fourth-order valence-corrected chi connectivity index (χ4v) is 2.25. The molecule has 17 heavy (non-hydrogen) atoms. The van der Waals surface area contributed by atoms with Gasteiger partial charge in [-0.15, -0.1) is 0 Å². The number of nitrogens with two attached hydrogens (primary N) is 1. The van der Waals surface area contributed by atoms with Gasteiger partial charge >= 0.3 is 0 Å². The van der Waals surface area contributed by atoms with E-state index >= 15 is 0 Å². The molecule has 4 N–H and O–H groups in total. The lowest BCUT2D eigenvalue weighted by molar-refractivity contribution is 0.476. The summed E-state index contributed by atoms with van der Waals surface area (Å²) in [7, 11) is -3.24. The van der Waals surface area contributed by atoms with Crippen LogP contribution in [-0.4, -0.2) is 32.4 Å². The van der Waals surface area contributed by atoms with Crippen LogP contribution in [0.5, 0.6) is 5.75 Å². The summed E-state index contributed by atoms with van der Waals surface area (Å²) >= 11 is 0. The zero-order valence-corrected chi connectivity index (χ0v) is 10.6. The molecule has 0 spiro atoms. The normalized spacial score (nSPS) is 11.4. The molecule has 0 saturated heterocycles. The Hall–Kier alpha value is -1.27. The molecule has 0 aliphatic heterocycles. The van der Waals surface area contributed by atoms with Crippen LogP contribution >= 0.6 is 0 Å². The zero-order valence-electron chi connectivity index (χ0n) is 9.81. The van der Waals surface area contributed by atoms with E-state index in [0.29, 0.717) is 18.8 Å². The van der Waals surface area contributed by atoms with E-state index in [1.165, 1.54) is 18.2 Å². The van der Waals surface area contributed by atoms with Crippen LogP contribution in [0, 0.1) is 0 Å². The third-order valence-corrected chi connectivity index (χ3v) is 4.14. The lowest BCUT2D eigenvalue weighted by atomic mass is 10.3. The summed E-state index contributed by atoms with van der Waals surface area (Å²) in [4.78, 5) is 0.216. The molecule has 0 unspecified atom stereocenters. The Labute approximate surface area is 102 Å². The minimum atomic E-state index is -3.24. The average Bonchev–Trinajstić information content (AvgIpc) is 2.31. The summed E-state index contributed by atoms with van der Waals surface area (Å²) in [5.41, 5.74) is 5.78. The minimum absolute atomic E-state index is 0.0390. The first kappa shape index (κ1) is 13.8. The molecule has 6 heteroatoms. The van der Waals surface area contributed by atoms with Gasteiger partial charge in [0.1, 0.15) is 5.75 Å². The largest absolute Gasteiger partial charge is 0.506 e. The number of hydrogen-bond donors (Lipinski definition) is 3. The highest BCUT2D eigenvalue weighted by Crippen LogP contribution is 2.26. The lowest BCUT2D eigenvalue weighted by Crippen LogP contribution is -2.09. The van der Waals surface area contributed by atoms with Crippen molar-refractivity contribution in [1.82, 2.24) is 0 Å². The fourth-order valence-electron chi connectivity index (χ4n) is 1.34. The van der Waals surface area contributed by atoms with Crippen LogP contribution in [-0.2, 0) is 9.84 Å². The van der Waals surface area contributed by atoms with Gasteiger partial charge in [0, 0.05) is 6.54 Å². The average molecular weight is 258 g/mol. The fraction of sp³-hybridized carbons (Fsp3) is 0.455. The summed E-state index contributed by atoms with van der Waals surface area (Å²) in [6, 6.07) is 4.24. The van der Waals surface area contributed by atoms with Crippen LogP contribution in [0.3, 0.4) is 0 Å². The molecule has 0 radical (unpaired) electrons. The van der Waals surface area contributed by atoms with E-state index in [4.69, 9.17) is 5.73 Å². The van der Waals surface area contributed by atoms with E-state index in [-0.39, 0.29) is 16.4 Å². The monoisotopic (exact) mass is 258 g/mol. The molecular weight excluding hydrogens is 240 g/mol. The second-order valence-corrected chi connectivity index (χ2v) is 5.93. The summed E-state index contributed by atoms with van der Waals surface area (Å²) in [6.07, 6.45) is 0.754. The quantitative estimate of drug-likeness (QED) is 0.522. The number of hydrogen-bond acceptors (Lipinski definition) is 5. The van der Waals surface area contributed by atoms with Gasteiger partial charge in [0.25, 0.3) is 0 Å².